The zero-order valence-electron chi connectivity index (χ0n) is 16.3. The molecular formula is C19H29N3O4S. The normalized spacial score (nSPS) is 21.7. The van der Waals surface area contributed by atoms with Gasteiger partial charge in [-0.1, -0.05) is 6.92 Å². The molecule has 2 aromatic rings. The Morgan fingerprint density at radius 3 is 2.67 bits per heavy atom. The van der Waals surface area contributed by atoms with Crippen molar-refractivity contribution in [2.75, 3.05) is 26.2 Å². The predicted octanol–water partition coefficient (Wildman–Crippen LogP) is 2.56. The molecule has 0 radical (unpaired) electrons. The number of fused-ring (bicyclic) bond motifs is 1. The first-order valence-electron chi connectivity index (χ1n) is 9.64. The zero-order valence-corrected chi connectivity index (χ0v) is 17.1. The molecule has 150 valence electrons. The molecule has 8 heteroatoms. The fourth-order valence-electron chi connectivity index (χ4n) is 3.49. The second-order valence-electron chi connectivity index (χ2n) is 7.21. The van der Waals surface area contributed by atoms with E-state index in [0.29, 0.717) is 30.0 Å². The molecule has 0 bridgehead atoms. The maximum absolute atomic E-state index is 12.5. The molecule has 1 fully saturated rings. The van der Waals surface area contributed by atoms with Gasteiger partial charge in [0.2, 0.25) is 10.0 Å². The van der Waals surface area contributed by atoms with Gasteiger partial charge in [0.05, 0.1) is 17.1 Å². The molecule has 1 aliphatic rings. The summed E-state index contributed by atoms with van der Waals surface area (Å²) in [7, 11) is -3.54. The summed E-state index contributed by atoms with van der Waals surface area (Å²) >= 11 is 0. The Labute approximate surface area is 161 Å². The van der Waals surface area contributed by atoms with Crippen molar-refractivity contribution in [1.29, 1.82) is 0 Å². The lowest BCUT2D eigenvalue weighted by atomic mass is 10.2. The highest BCUT2D eigenvalue weighted by molar-refractivity contribution is 7.89. The van der Waals surface area contributed by atoms with Gasteiger partial charge in [0, 0.05) is 26.1 Å². The molecule has 0 amide bonds. The first-order chi connectivity index (χ1) is 12.9. The summed E-state index contributed by atoms with van der Waals surface area (Å²) in [5, 5.41) is 0. The molecule has 1 aromatic heterocycles. The maximum Gasteiger partial charge on any atom is 0.240 e. The van der Waals surface area contributed by atoms with Gasteiger partial charge in [-0.05, 0) is 51.4 Å². The number of aromatic nitrogens is 1. The second-order valence-corrected chi connectivity index (χ2v) is 8.98. The van der Waals surface area contributed by atoms with Crippen molar-refractivity contribution in [3.8, 4) is 0 Å². The number of morpholine rings is 1. The highest BCUT2D eigenvalue weighted by Crippen LogP contribution is 2.20. The number of hydrogen-bond acceptors (Lipinski definition) is 6. The predicted molar refractivity (Wildman–Crippen MR) is 104 cm³/mol. The smallest absolute Gasteiger partial charge is 0.240 e. The van der Waals surface area contributed by atoms with E-state index in [-0.39, 0.29) is 17.1 Å². The van der Waals surface area contributed by atoms with E-state index in [9.17, 15) is 8.42 Å². The molecule has 1 aromatic carbocycles. The second kappa shape index (κ2) is 8.68. The maximum atomic E-state index is 12.5. The van der Waals surface area contributed by atoms with E-state index in [2.05, 4.69) is 28.5 Å². The van der Waals surface area contributed by atoms with Crippen LogP contribution in [0.3, 0.4) is 0 Å². The van der Waals surface area contributed by atoms with Gasteiger partial charge in [-0.2, -0.15) is 0 Å². The Bertz CT molecular complexity index is 855. The number of benzene rings is 1. The summed E-state index contributed by atoms with van der Waals surface area (Å²) < 4.78 is 39.0. The molecule has 0 saturated carbocycles. The zero-order chi connectivity index (χ0) is 19.4. The fraction of sp³-hybridized carbons (Fsp3) is 0.632. The van der Waals surface area contributed by atoms with Gasteiger partial charge in [-0.25, -0.2) is 18.1 Å². The lowest BCUT2D eigenvalue weighted by molar-refractivity contribution is -0.0681. The van der Waals surface area contributed by atoms with Crippen molar-refractivity contribution >= 4 is 21.1 Å². The first kappa shape index (κ1) is 20.3. The van der Waals surface area contributed by atoms with Crippen LogP contribution in [0.2, 0.25) is 0 Å². The summed E-state index contributed by atoms with van der Waals surface area (Å²) in [6.45, 7) is 9.39. The van der Waals surface area contributed by atoms with Crippen molar-refractivity contribution in [1.82, 2.24) is 14.6 Å². The minimum atomic E-state index is -3.54. The minimum Gasteiger partial charge on any atom is -0.441 e. The number of hydrogen-bond donors (Lipinski definition) is 1. The Morgan fingerprint density at radius 1 is 1.22 bits per heavy atom. The molecule has 27 heavy (non-hydrogen) atoms. The van der Waals surface area contributed by atoms with Crippen LogP contribution in [0, 0.1) is 0 Å². The van der Waals surface area contributed by atoms with Crippen molar-refractivity contribution in [3.05, 3.63) is 24.1 Å². The molecule has 2 heterocycles. The van der Waals surface area contributed by atoms with Gasteiger partial charge in [0.15, 0.2) is 11.5 Å². The number of rotatable bonds is 8. The fourth-order valence-corrected chi connectivity index (χ4v) is 4.58. The molecule has 1 aliphatic heterocycles. The largest absolute Gasteiger partial charge is 0.441 e. The third-order valence-electron chi connectivity index (χ3n) is 4.70. The van der Waals surface area contributed by atoms with Gasteiger partial charge in [-0.3, -0.25) is 4.90 Å². The topological polar surface area (TPSA) is 84.7 Å². The number of nitrogens with zero attached hydrogens (tertiary/aromatic N) is 2. The van der Waals surface area contributed by atoms with Gasteiger partial charge >= 0.3 is 0 Å². The molecule has 3 rings (SSSR count). The number of ether oxygens (including phenoxy) is 1. The van der Waals surface area contributed by atoms with Gasteiger partial charge in [0.25, 0.3) is 0 Å². The highest BCUT2D eigenvalue weighted by Gasteiger charge is 2.21. The Hall–Kier alpha value is -1.48. The quantitative estimate of drug-likeness (QED) is 0.692. The van der Waals surface area contributed by atoms with Crippen LogP contribution in [0.25, 0.3) is 11.1 Å². The number of oxazole rings is 1. The molecule has 0 aliphatic carbocycles. The third-order valence-corrected chi connectivity index (χ3v) is 6.16. The molecule has 1 N–H and O–H groups in total. The minimum absolute atomic E-state index is 0.224. The standard InChI is InChI=1S/C19H29N3O4S/c1-4-19-21-17-11-16(7-8-18(17)26-19)27(23,24)20-9-5-6-10-22-12-14(2)25-15(3)13-22/h7-8,11,14-15,20H,4-6,9-10,12-13H2,1-3H3/t14-,15-/m1/s1. The van der Waals surface area contributed by atoms with Crippen molar-refractivity contribution in [3.63, 3.8) is 0 Å². The van der Waals surface area contributed by atoms with Crippen molar-refractivity contribution < 1.29 is 17.6 Å². The van der Waals surface area contributed by atoms with Crippen LogP contribution in [0.4, 0.5) is 0 Å². The lowest BCUT2D eigenvalue weighted by Crippen LogP contribution is -2.45. The summed E-state index contributed by atoms with van der Waals surface area (Å²) in [5.41, 5.74) is 1.19. The number of aryl methyl sites for hydroxylation is 1. The Balaban J connectivity index is 1.48. The number of unbranched alkanes of at least 4 members (excludes halogenated alkanes) is 1. The Morgan fingerprint density at radius 2 is 1.96 bits per heavy atom. The van der Waals surface area contributed by atoms with Crippen molar-refractivity contribution in [2.45, 2.75) is 57.1 Å². The number of sulfonamides is 1. The molecule has 7 nitrogen and oxygen atoms in total. The third kappa shape index (κ3) is 5.28. The molecule has 2 atom stereocenters. The van der Waals surface area contributed by atoms with Gasteiger partial charge in [0.1, 0.15) is 5.52 Å². The summed E-state index contributed by atoms with van der Waals surface area (Å²) in [4.78, 5) is 6.91. The molecule has 0 unspecified atom stereocenters. The van der Waals surface area contributed by atoms with Crippen LogP contribution < -0.4 is 4.72 Å². The summed E-state index contributed by atoms with van der Waals surface area (Å²) in [6.07, 6.45) is 2.93. The molecule has 0 spiro atoms. The van der Waals surface area contributed by atoms with E-state index in [0.717, 1.165) is 32.5 Å². The van der Waals surface area contributed by atoms with Gasteiger partial charge < -0.3 is 9.15 Å². The van der Waals surface area contributed by atoms with Crippen LogP contribution in [0.15, 0.2) is 27.5 Å². The van der Waals surface area contributed by atoms with Crippen LogP contribution in [-0.4, -0.2) is 56.7 Å². The highest BCUT2D eigenvalue weighted by atomic mass is 32.2. The van der Waals surface area contributed by atoms with Crippen LogP contribution in [0.5, 0.6) is 0 Å². The summed E-state index contributed by atoms with van der Waals surface area (Å²) in [5.74, 6) is 0.610. The van der Waals surface area contributed by atoms with Crippen molar-refractivity contribution in [2.24, 2.45) is 0 Å². The van der Waals surface area contributed by atoms with E-state index >= 15 is 0 Å². The lowest BCUT2D eigenvalue weighted by Gasteiger charge is -2.35. The number of nitrogens with one attached hydrogen (secondary N) is 1. The van der Waals surface area contributed by atoms with E-state index in [1.54, 1.807) is 18.2 Å². The van der Waals surface area contributed by atoms with Crippen LogP contribution in [-0.2, 0) is 21.2 Å². The van der Waals surface area contributed by atoms with E-state index in [1.165, 1.54) is 0 Å². The average Bonchev–Trinajstić information content (AvgIpc) is 3.03. The average molecular weight is 396 g/mol. The molecular weight excluding hydrogens is 366 g/mol. The Kier molecular flexibility index (Phi) is 6.52. The first-order valence-corrected chi connectivity index (χ1v) is 11.1. The summed E-state index contributed by atoms with van der Waals surface area (Å²) in [6, 6.07) is 4.79. The van der Waals surface area contributed by atoms with Crippen LogP contribution >= 0.6 is 0 Å². The van der Waals surface area contributed by atoms with Crippen LogP contribution in [0.1, 0.15) is 39.5 Å². The molecule has 1 saturated heterocycles. The SMILES string of the molecule is CCc1nc2cc(S(=O)(=O)NCCCCN3C[C@@H](C)O[C@H](C)C3)ccc2o1. The van der Waals surface area contributed by atoms with E-state index < -0.39 is 10.0 Å². The van der Waals surface area contributed by atoms with E-state index in [4.69, 9.17) is 9.15 Å². The monoisotopic (exact) mass is 395 g/mol. The van der Waals surface area contributed by atoms with E-state index in [1.807, 2.05) is 6.92 Å². The van der Waals surface area contributed by atoms with Gasteiger partial charge in [-0.15, -0.1) is 0 Å².